The van der Waals surface area contributed by atoms with Crippen molar-refractivity contribution in [2.24, 2.45) is 22.2 Å². The molecule has 3 amide bonds. The van der Waals surface area contributed by atoms with Crippen molar-refractivity contribution < 1.29 is 24.3 Å². The van der Waals surface area contributed by atoms with E-state index in [1.807, 2.05) is 0 Å². The highest BCUT2D eigenvalue weighted by atomic mass is 16.4. The molecule has 164 valence electrons. The number of nitrogens with one attached hydrogen (secondary N) is 2. The number of aliphatic carboxylic acids is 1. The van der Waals surface area contributed by atoms with E-state index in [1.54, 1.807) is 0 Å². The van der Waals surface area contributed by atoms with Gasteiger partial charge in [-0.25, -0.2) is 4.79 Å². The van der Waals surface area contributed by atoms with Gasteiger partial charge in [-0.3, -0.25) is 19.4 Å². The number of aliphatic imine (C=N–C) groups is 1. The van der Waals surface area contributed by atoms with Gasteiger partial charge in [-0.1, -0.05) is 0 Å². The first-order valence-corrected chi connectivity index (χ1v) is 9.49. The Bertz CT molecular complexity index is 648. The van der Waals surface area contributed by atoms with Crippen molar-refractivity contribution >= 4 is 29.7 Å². The van der Waals surface area contributed by atoms with Crippen LogP contribution < -0.4 is 27.8 Å². The molecule has 1 rings (SSSR count). The summed E-state index contributed by atoms with van der Waals surface area (Å²) in [4.78, 5) is 53.5. The van der Waals surface area contributed by atoms with Gasteiger partial charge in [-0.05, 0) is 39.5 Å². The van der Waals surface area contributed by atoms with Crippen LogP contribution in [0.25, 0.3) is 0 Å². The van der Waals surface area contributed by atoms with Crippen LogP contribution >= 0.6 is 0 Å². The maximum absolute atomic E-state index is 12.6. The van der Waals surface area contributed by atoms with Crippen LogP contribution in [0, 0.1) is 0 Å². The Morgan fingerprint density at radius 2 is 1.83 bits per heavy atom. The minimum atomic E-state index is -1.07. The fraction of sp³-hybridized carbons (Fsp3) is 0.706. The van der Waals surface area contributed by atoms with Gasteiger partial charge in [-0.2, -0.15) is 0 Å². The third kappa shape index (κ3) is 7.56. The first-order chi connectivity index (χ1) is 13.5. The molecule has 29 heavy (non-hydrogen) atoms. The van der Waals surface area contributed by atoms with Gasteiger partial charge in [0.05, 0.1) is 6.04 Å². The molecule has 0 aromatic heterocycles. The third-order valence-electron chi connectivity index (χ3n) is 4.54. The molecule has 1 heterocycles. The predicted octanol–water partition coefficient (Wildman–Crippen LogP) is -2.55. The zero-order chi connectivity index (χ0) is 22.1. The minimum Gasteiger partial charge on any atom is -0.480 e. The molecule has 0 spiro atoms. The molecule has 0 bridgehead atoms. The molecule has 0 aromatic rings. The number of hydrogen-bond donors (Lipinski definition) is 6. The topological polar surface area (TPSA) is 206 Å². The second-order valence-corrected chi connectivity index (χ2v) is 7.06. The largest absolute Gasteiger partial charge is 0.480 e. The molecule has 12 nitrogen and oxygen atoms in total. The summed E-state index contributed by atoms with van der Waals surface area (Å²) in [5.74, 6) is -2.73. The molecular weight excluding hydrogens is 382 g/mol. The minimum absolute atomic E-state index is 0.0802. The normalized spacial score (nSPS) is 19.0. The van der Waals surface area contributed by atoms with Gasteiger partial charge in [0.2, 0.25) is 17.7 Å². The molecular formula is C17H31N7O5. The molecule has 1 fully saturated rings. The van der Waals surface area contributed by atoms with Crippen LogP contribution in [-0.2, 0) is 19.2 Å². The van der Waals surface area contributed by atoms with E-state index in [2.05, 4.69) is 15.6 Å². The Kier molecular flexibility index (Phi) is 9.32. The highest BCUT2D eigenvalue weighted by molar-refractivity contribution is 5.94. The second kappa shape index (κ2) is 11.2. The van der Waals surface area contributed by atoms with Crippen LogP contribution in [0.5, 0.6) is 0 Å². The van der Waals surface area contributed by atoms with Crippen LogP contribution in [0.1, 0.15) is 39.5 Å². The summed E-state index contributed by atoms with van der Waals surface area (Å²) in [5.41, 5.74) is 16.1. The second-order valence-electron chi connectivity index (χ2n) is 7.06. The van der Waals surface area contributed by atoms with Crippen LogP contribution in [0.4, 0.5) is 0 Å². The van der Waals surface area contributed by atoms with Crippen LogP contribution in [0.2, 0.25) is 0 Å². The molecule has 0 aliphatic carbocycles. The van der Waals surface area contributed by atoms with E-state index in [4.69, 9.17) is 17.2 Å². The summed E-state index contributed by atoms with van der Waals surface area (Å²) in [5, 5.41) is 14.3. The van der Waals surface area contributed by atoms with E-state index in [0.29, 0.717) is 25.8 Å². The molecule has 12 heteroatoms. The summed E-state index contributed by atoms with van der Waals surface area (Å²) in [6, 6.07) is -3.60. The summed E-state index contributed by atoms with van der Waals surface area (Å²) in [7, 11) is 0. The number of carbonyl (C=O) groups excluding carboxylic acids is 3. The molecule has 0 radical (unpaired) electrons. The number of amides is 3. The summed E-state index contributed by atoms with van der Waals surface area (Å²) in [6.45, 7) is 3.54. The highest BCUT2D eigenvalue weighted by Gasteiger charge is 2.36. The predicted molar refractivity (Wildman–Crippen MR) is 105 cm³/mol. The van der Waals surface area contributed by atoms with E-state index in [-0.39, 0.29) is 18.9 Å². The van der Waals surface area contributed by atoms with E-state index in [1.165, 1.54) is 18.7 Å². The monoisotopic (exact) mass is 413 g/mol. The molecule has 1 aliphatic rings. The van der Waals surface area contributed by atoms with E-state index >= 15 is 0 Å². The number of hydrogen-bond acceptors (Lipinski definition) is 6. The van der Waals surface area contributed by atoms with Crippen molar-refractivity contribution in [2.45, 2.75) is 63.7 Å². The number of carboxylic acid groups (broad SMARTS) is 1. The number of rotatable bonds is 10. The van der Waals surface area contributed by atoms with Crippen LogP contribution in [0.3, 0.4) is 0 Å². The molecule has 9 N–H and O–H groups in total. The van der Waals surface area contributed by atoms with Gasteiger partial charge in [0.15, 0.2) is 5.96 Å². The lowest BCUT2D eigenvalue weighted by molar-refractivity contribution is -0.149. The molecule has 1 aliphatic heterocycles. The van der Waals surface area contributed by atoms with Crippen molar-refractivity contribution in [1.29, 1.82) is 0 Å². The smallest absolute Gasteiger partial charge is 0.326 e. The van der Waals surface area contributed by atoms with Gasteiger partial charge in [0.1, 0.15) is 18.1 Å². The van der Waals surface area contributed by atoms with Gasteiger partial charge in [0.25, 0.3) is 0 Å². The molecule has 0 aromatic carbocycles. The lowest BCUT2D eigenvalue weighted by atomic mass is 10.1. The Morgan fingerprint density at radius 3 is 2.38 bits per heavy atom. The molecule has 0 unspecified atom stereocenters. The number of carboxylic acids is 1. The molecule has 4 atom stereocenters. The van der Waals surface area contributed by atoms with Crippen molar-refractivity contribution in [3.8, 4) is 0 Å². The fourth-order valence-electron chi connectivity index (χ4n) is 2.99. The average molecular weight is 413 g/mol. The molecule has 0 saturated carbocycles. The first-order valence-electron chi connectivity index (χ1n) is 9.49. The summed E-state index contributed by atoms with van der Waals surface area (Å²) >= 11 is 0. The fourth-order valence-corrected chi connectivity index (χ4v) is 2.99. The van der Waals surface area contributed by atoms with Crippen molar-refractivity contribution in [1.82, 2.24) is 15.5 Å². The quantitative estimate of drug-likeness (QED) is 0.127. The lowest BCUT2D eigenvalue weighted by Gasteiger charge is -2.27. The number of carbonyl (C=O) groups is 4. The standard InChI is InChI=1S/C17H31N7O5/c1-9(18)13(25)23-11(5-3-7-21-17(19)20)14(26)22-10(2)15(27)24-8-4-6-12(24)16(28)29/h9-12H,3-8,18H2,1-2H3,(H,22,26)(H,23,25)(H,28,29)(H4,19,20,21)/t9-,10-,11-,12-/m0/s1. The van der Waals surface area contributed by atoms with E-state index in [9.17, 15) is 24.3 Å². The Balaban J connectivity index is 2.75. The maximum Gasteiger partial charge on any atom is 0.326 e. The SMILES string of the molecule is C[C@H](N)C(=O)N[C@@H](CCCN=C(N)N)C(=O)N[C@@H](C)C(=O)N1CCC[C@H]1C(=O)O. The van der Waals surface area contributed by atoms with Crippen LogP contribution in [0.15, 0.2) is 4.99 Å². The highest BCUT2D eigenvalue weighted by Crippen LogP contribution is 2.18. The third-order valence-corrected chi connectivity index (χ3v) is 4.54. The van der Waals surface area contributed by atoms with Crippen LogP contribution in [-0.4, -0.2) is 76.9 Å². The summed E-state index contributed by atoms with van der Waals surface area (Å²) in [6.07, 6.45) is 1.59. The number of nitrogens with two attached hydrogens (primary N) is 3. The van der Waals surface area contributed by atoms with Gasteiger partial charge < -0.3 is 37.8 Å². The Hall–Kier alpha value is -2.89. The van der Waals surface area contributed by atoms with Gasteiger partial charge in [-0.15, -0.1) is 0 Å². The Morgan fingerprint density at radius 1 is 1.17 bits per heavy atom. The van der Waals surface area contributed by atoms with Crippen molar-refractivity contribution in [3.05, 3.63) is 0 Å². The zero-order valence-electron chi connectivity index (χ0n) is 16.8. The van der Waals surface area contributed by atoms with Crippen molar-refractivity contribution in [3.63, 3.8) is 0 Å². The zero-order valence-corrected chi connectivity index (χ0v) is 16.8. The first kappa shape index (κ1) is 24.1. The Labute approximate surface area is 169 Å². The van der Waals surface area contributed by atoms with Gasteiger partial charge >= 0.3 is 5.97 Å². The lowest BCUT2D eigenvalue weighted by Crippen LogP contribution is -2.56. The summed E-state index contributed by atoms with van der Waals surface area (Å²) < 4.78 is 0. The maximum atomic E-state index is 12.6. The number of guanidine groups is 1. The van der Waals surface area contributed by atoms with E-state index in [0.717, 1.165) is 0 Å². The number of likely N-dealkylation sites (tertiary alicyclic amines) is 1. The van der Waals surface area contributed by atoms with E-state index < -0.39 is 47.9 Å². The average Bonchev–Trinajstić information content (AvgIpc) is 3.12. The van der Waals surface area contributed by atoms with Crippen molar-refractivity contribution in [2.75, 3.05) is 13.1 Å². The molecule has 1 saturated heterocycles. The van der Waals surface area contributed by atoms with Gasteiger partial charge in [0, 0.05) is 13.1 Å². The number of nitrogens with zero attached hydrogens (tertiary/aromatic N) is 2.